The minimum Gasteiger partial charge on any atom is -0.497 e. The summed E-state index contributed by atoms with van der Waals surface area (Å²) in [6, 6.07) is 12.9. The van der Waals surface area contributed by atoms with Gasteiger partial charge in [0.2, 0.25) is 5.91 Å². The third-order valence-electron chi connectivity index (χ3n) is 3.83. The Kier molecular flexibility index (Phi) is 3.93. The first-order chi connectivity index (χ1) is 11.1. The number of hydrogen-bond acceptors (Lipinski definition) is 3. The topological polar surface area (TPSA) is 63.5 Å². The molecule has 0 fully saturated rings. The van der Waals surface area contributed by atoms with Gasteiger partial charge < -0.3 is 15.3 Å². The van der Waals surface area contributed by atoms with Gasteiger partial charge in [-0.25, -0.2) is 0 Å². The molecule has 0 spiro atoms. The summed E-state index contributed by atoms with van der Waals surface area (Å²) >= 11 is 0. The van der Waals surface area contributed by atoms with Crippen molar-refractivity contribution in [3.05, 3.63) is 59.8 Å². The van der Waals surface area contributed by atoms with E-state index in [0.29, 0.717) is 5.52 Å². The fourth-order valence-corrected chi connectivity index (χ4v) is 2.64. The number of fused-ring (bicyclic) bond motifs is 1. The van der Waals surface area contributed by atoms with Gasteiger partial charge in [0, 0.05) is 17.3 Å². The van der Waals surface area contributed by atoms with Crippen molar-refractivity contribution >= 4 is 22.5 Å². The number of aromatic nitrogens is 1. The molecule has 0 aliphatic heterocycles. The second-order valence-corrected chi connectivity index (χ2v) is 5.42. The highest BCUT2D eigenvalue weighted by Gasteiger charge is 2.12. The predicted molar refractivity (Wildman–Crippen MR) is 89.2 cm³/mol. The van der Waals surface area contributed by atoms with Gasteiger partial charge in [-0.1, -0.05) is 18.2 Å². The minimum absolute atomic E-state index is 0.130. The molecule has 1 amide bonds. The van der Waals surface area contributed by atoms with E-state index < -0.39 is 0 Å². The van der Waals surface area contributed by atoms with Crippen LogP contribution in [0.3, 0.4) is 0 Å². The summed E-state index contributed by atoms with van der Waals surface area (Å²) in [6.07, 6.45) is 1.77. The molecule has 5 heteroatoms. The van der Waals surface area contributed by atoms with Gasteiger partial charge in [-0.2, -0.15) is 4.73 Å². The molecular weight excluding hydrogens is 292 g/mol. The van der Waals surface area contributed by atoms with Crippen molar-refractivity contribution in [2.24, 2.45) is 0 Å². The van der Waals surface area contributed by atoms with Crippen LogP contribution in [0, 0.1) is 6.92 Å². The van der Waals surface area contributed by atoms with Crippen molar-refractivity contribution in [2.45, 2.75) is 13.3 Å². The number of ether oxygens (including phenoxy) is 1. The van der Waals surface area contributed by atoms with Gasteiger partial charge in [-0.15, -0.1) is 0 Å². The van der Waals surface area contributed by atoms with Gasteiger partial charge in [-0.05, 0) is 42.3 Å². The molecule has 5 nitrogen and oxygen atoms in total. The number of rotatable bonds is 4. The molecule has 0 aliphatic rings. The van der Waals surface area contributed by atoms with E-state index in [-0.39, 0.29) is 12.3 Å². The summed E-state index contributed by atoms with van der Waals surface area (Å²) < 4.78 is 6.21. The van der Waals surface area contributed by atoms with Crippen LogP contribution in [0.25, 0.3) is 10.9 Å². The molecule has 0 aliphatic carbocycles. The van der Waals surface area contributed by atoms with Crippen LogP contribution < -0.4 is 10.1 Å². The third kappa shape index (κ3) is 2.99. The summed E-state index contributed by atoms with van der Waals surface area (Å²) in [6.45, 7) is 1.91. The Balaban J connectivity index is 1.79. The zero-order chi connectivity index (χ0) is 16.4. The molecular formula is C18H18N2O3. The number of nitrogens with zero attached hydrogens (tertiary/aromatic N) is 1. The summed E-state index contributed by atoms with van der Waals surface area (Å²) in [5.41, 5.74) is 3.16. The molecule has 0 unspecified atom stereocenters. The maximum absolute atomic E-state index is 12.3. The molecule has 2 N–H and O–H groups in total. The highest BCUT2D eigenvalue weighted by molar-refractivity contribution is 5.96. The first-order valence-electron chi connectivity index (χ1n) is 7.31. The Labute approximate surface area is 134 Å². The normalized spacial score (nSPS) is 10.7. The lowest BCUT2D eigenvalue weighted by atomic mass is 10.1. The quantitative estimate of drug-likeness (QED) is 0.726. The van der Waals surface area contributed by atoms with E-state index in [1.165, 1.54) is 0 Å². The molecule has 0 radical (unpaired) electrons. The van der Waals surface area contributed by atoms with Crippen LogP contribution in [0.4, 0.5) is 5.69 Å². The Morgan fingerprint density at radius 1 is 1.26 bits per heavy atom. The lowest BCUT2D eigenvalue weighted by molar-refractivity contribution is -0.115. The Morgan fingerprint density at radius 2 is 2.04 bits per heavy atom. The Bertz CT molecular complexity index is 868. The molecule has 0 bridgehead atoms. The summed E-state index contributed by atoms with van der Waals surface area (Å²) in [7, 11) is 1.61. The first kappa shape index (κ1) is 15.0. The van der Waals surface area contributed by atoms with Crippen molar-refractivity contribution in [3.8, 4) is 5.75 Å². The maximum Gasteiger partial charge on any atom is 0.228 e. The van der Waals surface area contributed by atoms with E-state index in [1.54, 1.807) is 13.3 Å². The van der Waals surface area contributed by atoms with E-state index in [1.807, 2.05) is 49.4 Å². The van der Waals surface area contributed by atoms with Crippen LogP contribution >= 0.6 is 0 Å². The number of hydrogen-bond donors (Lipinski definition) is 2. The van der Waals surface area contributed by atoms with E-state index in [0.717, 1.165) is 32.7 Å². The van der Waals surface area contributed by atoms with Crippen LogP contribution in [0.2, 0.25) is 0 Å². The second kappa shape index (κ2) is 6.04. The van der Waals surface area contributed by atoms with Gasteiger partial charge in [0.15, 0.2) is 0 Å². The minimum atomic E-state index is -0.130. The number of carbonyl (C=O) groups excluding carboxylic acids is 1. The molecule has 3 aromatic rings. The summed E-state index contributed by atoms with van der Waals surface area (Å²) in [5.74, 6) is 0.624. The monoisotopic (exact) mass is 310 g/mol. The predicted octanol–water partition coefficient (Wildman–Crippen LogP) is 3.38. The van der Waals surface area contributed by atoms with E-state index in [2.05, 4.69) is 5.32 Å². The molecule has 1 heterocycles. The van der Waals surface area contributed by atoms with Crippen molar-refractivity contribution in [2.75, 3.05) is 12.4 Å². The van der Waals surface area contributed by atoms with Crippen LogP contribution in [0.15, 0.2) is 48.7 Å². The number of nitrogens with one attached hydrogen (secondary N) is 1. The third-order valence-corrected chi connectivity index (χ3v) is 3.83. The number of aryl methyl sites for hydroxylation is 1. The zero-order valence-corrected chi connectivity index (χ0v) is 13.0. The van der Waals surface area contributed by atoms with Gasteiger partial charge >= 0.3 is 0 Å². The highest BCUT2D eigenvalue weighted by Crippen LogP contribution is 2.23. The summed E-state index contributed by atoms with van der Waals surface area (Å²) in [4.78, 5) is 12.3. The number of amides is 1. The average Bonchev–Trinajstić information content (AvgIpc) is 2.86. The van der Waals surface area contributed by atoms with Crippen molar-refractivity contribution in [3.63, 3.8) is 0 Å². The number of carbonyl (C=O) groups is 1. The van der Waals surface area contributed by atoms with Crippen LogP contribution in [-0.4, -0.2) is 23.0 Å². The van der Waals surface area contributed by atoms with E-state index in [9.17, 15) is 10.0 Å². The number of para-hydroxylation sites is 1. The summed E-state index contributed by atoms with van der Waals surface area (Å²) in [5, 5.41) is 13.6. The first-order valence-corrected chi connectivity index (χ1v) is 7.31. The molecule has 118 valence electrons. The zero-order valence-electron chi connectivity index (χ0n) is 13.0. The lowest BCUT2D eigenvalue weighted by Gasteiger charge is -2.09. The van der Waals surface area contributed by atoms with Gasteiger partial charge in [0.05, 0.1) is 19.0 Å². The van der Waals surface area contributed by atoms with E-state index >= 15 is 0 Å². The lowest BCUT2D eigenvalue weighted by Crippen LogP contribution is -2.15. The smallest absolute Gasteiger partial charge is 0.228 e. The highest BCUT2D eigenvalue weighted by atomic mass is 16.5. The fraction of sp³-hybridized carbons (Fsp3) is 0.167. The SMILES string of the molecule is COc1ccc(NC(=O)Cc2cn(O)c3ccccc23)c(C)c1. The van der Waals surface area contributed by atoms with Crippen molar-refractivity contribution in [1.29, 1.82) is 0 Å². The van der Waals surface area contributed by atoms with Gasteiger partial charge in [-0.3, -0.25) is 4.79 Å². The number of benzene rings is 2. The van der Waals surface area contributed by atoms with Crippen LogP contribution in [0.5, 0.6) is 5.75 Å². The van der Waals surface area contributed by atoms with E-state index in [4.69, 9.17) is 4.74 Å². The molecule has 1 aromatic heterocycles. The maximum atomic E-state index is 12.3. The van der Waals surface area contributed by atoms with Crippen molar-refractivity contribution in [1.82, 2.24) is 4.73 Å². The molecule has 0 atom stereocenters. The molecule has 0 saturated carbocycles. The fourth-order valence-electron chi connectivity index (χ4n) is 2.64. The molecule has 23 heavy (non-hydrogen) atoms. The largest absolute Gasteiger partial charge is 0.497 e. The van der Waals surface area contributed by atoms with Crippen molar-refractivity contribution < 1.29 is 14.7 Å². The molecule has 2 aromatic carbocycles. The molecule has 0 saturated heterocycles. The van der Waals surface area contributed by atoms with Crippen LogP contribution in [-0.2, 0) is 11.2 Å². The Morgan fingerprint density at radius 3 is 2.78 bits per heavy atom. The standard InChI is InChI=1S/C18H18N2O3/c1-12-9-14(23-2)7-8-16(12)19-18(21)10-13-11-20(22)17-6-4-3-5-15(13)17/h3-9,11,22H,10H2,1-2H3,(H,19,21). The van der Waals surface area contributed by atoms with Gasteiger partial charge in [0.1, 0.15) is 5.75 Å². The Hall–Kier alpha value is -2.95. The number of anilines is 1. The second-order valence-electron chi connectivity index (χ2n) is 5.42. The van der Waals surface area contributed by atoms with Gasteiger partial charge in [0.25, 0.3) is 0 Å². The number of methoxy groups -OCH3 is 1. The average molecular weight is 310 g/mol. The molecule has 3 rings (SSSR count). The van der Waals surface area contributed by atoms with Crippen LogP contribution in [0.1, 0.15) is 11.1 Å².